The molecule has 5 heteroatoms. The molecule has 2 N–H and O–H groups in total. The van der Waals surface area contributed by atoms with Crippen LogP contribution in [-0.4, -0.2) is 21.5 Å². The van der Waals surface area contributed by atoms with Crippen molar-refractivity contribution in [1.29, 1.82) is 0 Å². The number of hydrogen-bond donors (Lipinski definition) is 2. The van der Waals surface area contributed by atoms with Gasteiger partial charge in [0.15, 0.2) is 0 Å². The van der Waals surface area contributed by atoms with Gasteiger partial charge in [0.2, 0.25) is 0 Å². The normalized spacial score (nSPS) is 9.78. The summed E-state index contributed by atoms with van der Waals surface area (Å²) in [4.78, 5) is 12.5. The van der Waals surface area contributed by atoms with E-state index in [0.29, 0.717) is 13.1 Å². The number of anilines is 2. The summed E-state index contributed by atoms with van der Waals surface area (Å²) in [5.74, 6) is 1.54. The molecule has 0 unspecified atom stereocenters. The highest BCUT2D eigenvalue weighted by atomic mass is 15.1. The third kappa shape index (κ3) is 3.55. The second-order valence-electron chi connectivity index (χ2n) is 3.63. The highest BCUT2D eigenvalue weighted by Crippen LogP contribution is 2.09. The van der Waals surface area contributed by atoms with Crippen molar-refractivity contribution in [2.24, 2.45) is 0 Å². The fourth-order valence-corrected chi connectivity index (χ4v) is 1.41. The molecule has 2 rings (SSSR count). The first-order valence-electron chi connectivity index (χ1n) is 5.69. The summed E-state index contributed by atoms with van der Waals surface area (Å²) in [6.07, 6.45) is 5.07. The van der Waals surface area contributed by atoms with Gasteiger partial charge in [-0.15, -0.1) is 6.58 Å². The summed E-state index contributed by atoms with van der Waals surface area (Å²) >= 11 is 0. The smallest absolute Gasteiger partial charge is 0.131 e. The van der Waals surface area contributed by atoms with E-state index in [1.807, 2.05) is 24.3 Å². The summed E-state index contributed by atoms with van der Waals surface area (Å²) in [6.45, 7) is 4.96. The predicted molar refractivity (Wildman–Crippen MR) is 72.3 cm³/mol. The lowest BCUT2D eigenvalue weighted by Gasteiger charge is -2.07. The molecule has 18 heavy (non-hydrogen) atoms. The molecular formula is C13H15N5. The average molecular weight is 241 g/mol. The van der Waals surface area contributed by atoms with E-state index < -0.39 is 0 Å². The fourth-order valence-electron chi connectivity index (χ4n) is 1.41. The zero-order valence-corrected chi connectivity index (χ0v) is 10.0. The van der Waals surface area contributed by atoms with Crippen molar-refractivity contribution in [3.8, 4) is 0 Å². The number of nitrogens with zero attached hydrogens (tertiary/aromatic N) is 3. The minimum atomic E-state index is 0.638. The third-order valence-electron chi connectivity index (χ3n) is 2.27. The van der Waals surface area contributed by atoms with Crippen LogP contribution in [0.15, 0.2) is 49.4 Å². The molecule has 0 fully saturated rings. The van der Waals surface area contributed by atoms with Crippen LogP contribution in [0.5, 0.6) is 0 Å². The summed E-state index contributed by atoms with van der Waals surface area (Å²) in [5.41, 5.74) is 0.969. The Morgan fingerprint density at radius 2 is 1.94 bits per heavy atom. The van der Waals surface area contributed by atoms with Crippen molar-refractivity contribution < 1.29 is 0 Å². The van der Waals surface area contributed by atoms with Crippen LogP contribution in [0.3, 0.4) is 0 Å². The lowest BCUT2D eigenvalue weighted by molar-refractivity contribution is 1.02. The van der Waals surface area contributed by atoms with Gasteiger partial charge in [-0.1, -0.05) is 12.1 Å². The molecule has 0 atom stereocenters. The molecule has 0 saturated heterocycles. The number of nitrogens with one attached hydrogen (secondary N) is 2. The van der Waals surface area contributed by atoms with Crippen LogP contribution in [-0.2, 0) is 6.54 Å². The Labute approximate surface area is 106 Å². The maximum absolute atomic E-state index is 4.23. The topological polar surface area (TPSA) is 62.7 Å². The molecular weight excluding hydrogens is 226 g/mol. The van der Waals surface area contributed by atoms with Crippen LogP contribution < -0.4 is 10.6 Å². The van der Waals surface area contributed by atoms with Gasteiger partial charge in [0.25, 0.3) is 0 Å². The van der Waals surface area contributed by atoms with Crippen LogP contribution in [0.4, 0.5) is 11.6 Å². The Balaban J connectivity index is 1.95. The lowest BCUT2D eigenvalue weighted by Crippen LogP contribution is -2.05. The highest BCUT2D eigenvalue weighted by Gasteiger charge is 1.98. The van der Waals surface area contributed by atoms with Crippen molar-refractivity contribution in [1.82, 2.24) is 15.0 Å². The standard InChI is InChI=1S/C13H15N5/c1-2-6-15-12-8-13(18-10-17-12)16-9-11-5-3-4-7-14-11/h2-5,7-8,10H,1,6,9H2,(H2,15,16,17,18). The van der Waals surface area contributed by atoms with Crippen LogP contribution in [0.25, 0.3) is 0 Å². The Morgan fingerprint density at radius 1 is 1.11 bits per heavy atom. The fraction of sp³-hybridized carbons (Fsp3) is 0.154. The molecule has 5 nitrogen and oxygen atoms in total. The van der Waals surface area contributed by atoms with Crippen molar-refractivity contribution in [2.45, 2.75) is 6.54 Å². The molecule has 0 saturated carbocycles. The summed E-state index contributed by atoms with van der Waals surface area (Å²) in [5, 5.41) is 6.31. The molecule has 0 aliphatic heterocycles. The molecule has 92 valence electrons. The second kappa shape index (κ2) is 6.34. The summed E-state index contributed by atoms with van der Waals surface area (Å²) in [7, 11) is 0. The molecule has 0 amide bonds. The quantitative estimate of drug-likeness (QED) is 0.758. The monoisotopic (exact) mass is 241 g/mol. The zero-order chi connectivity index (χ0) is 12.6. The number of pyridine rings is 1. The Morgan fingerprint density at radius 3 is 2.67 bits per heavy atom. The first-order valence-corrected chi connectivity index (χ1v) is 5.69. The van der Waals surface area contributed by atoms with Crippen molar-refractivity contribution >= 4 is 11.6 Å². The van der Waals surface area contributed by atoms with Gasteiger partial charge in [0.05, 0.1) is 12.2 Å². The molecule has 0 aliphatic rings. The summed E-state index contributed by atoms with van der Waals surface area (Å²) in [6, 6.07) is 7.67. The van der Waals surface area contributed by atoms with Crippen molar-refractivity contribution in [3.63, 3.8) is 0 Å². The third-order valence-corrected chi connectivity index (χ3v) is 2.27. The van der Waals surface area contributed by atoms with E-state index in [0.717, 1.165) is 17.3 Å². The first kappa shape index (κ1) is 12.0. The van der Waals surface area contributed by atoms with Gasteiger partial charge in [-0.3, -0.25) is 4.98 Å². The van der Waals surface area contributed by atoms with Crippen LogP contribution in [0.1, 0.15) is 5.69 Å². The first-order chi connectivity index (χ1) is 8.88. The van der Waals surface area contributed by atoms with E-state index in [1.165, 1.54) is 6.33 Å². The van der Waals surface area contributed by atoms with Gasteiger partial charge in [-0.25, -0.2) is 9.97 Å². The minimum absolute atomic E-state index is 0.638. The second-order valence-corrected chi connectivity index (χ2v) is 3.63. The molecule has 0 aromatic carbocycles. The Bertz CT molecular complexity index is 498. The van der Waals surface area contributed by atoms with E-state index in [2.05, 4.69) is 32.2 Å². The number of rotatable bonds is 6. The van der Waals surface area contributed by atoms with Gasteiger partial charge >= 0.3 is 0 Å². The van der Waals surface area contributed by atoms with E-state index >= 15 is 0 Å². The molecule has 0 bridgehead atoms. The van der Waals surface area contributed by atoms with Gasteiger partial charge in [0, 0.05) is 18.8 Å². The molecule has 0 radical (unpaired) electrons. The van der Waals surface area contributed by atoms with E-state index in [4.69, 9.17) is 0 Å². The number of hydrogen-bond acceptors (Lipinski definition) is 5. The lowest BCUT2D eigenvalue weighted by atomic mass is 10.3. The Hall–Kier alpha value is -2.43. The Kier molecular flexibility index (Phi) is 4.24. The molecule has 2 heterocycles. The van der Waals surface area contributed by atoms with Crippen LogP contribution in [0.2, 0.25) is 0 Å². The molecule has 2 aromatic rings. The maximum atomic E-state index is 4.23. The van der Waals surface area contributed by atoms with Crippen molar-refractivity contribution in [3.05, 3.63) is 55.1 Å². The molecule has 2 aromatic heterocycles. The van der Waals surface area contributed by atoms with Gasteiger partial charge in [0.1, 0.15) is 18.0 Å². The average Bonchev–Trinajstić information content (AvgIpc) is 2.44. The van der Waals surface area contributed by atoms with Crippen molar-refractivity contribution in [2.75, 3.05) is 17.2 Å². The molecule has 0 aliphatic carbocycles. The van der Waals surface area contributed by atoms with Gasteiger partial charge in [-0.05, 0) is 12.1 Å². The van der Waals surface area contributed by atoms with E-state index in [-0.39, 0.29) is 0 Å². The summed E-state index contributed by atoms with van der Waals surface area (Å²) < 4.78 is 0. The van der Waals surface area contributed by atoms with Gasteiger partial charge in [-0.2, -0.15) is 0 Å². The largest absolute Gasteiger partial charge is 0.366 e. The SMILES string of the molecule is C=CCNc1cc(NCc2ccccn2)ncn1. The predicted octanol–water partition coefficient (Wildman–Crippen LogP) is 2.08. The minimum Gasteiger partial charge on any atom is -0.366 e. The van der Waals surface area contributed by atoms with E-state index in [1.54, 1.807) is 12.3 Å². The maximum Gasteiger partial charge on any atom is 0.131 e. The number of aromatic nitrogens is 3. The van der Waals surface area contributed by atoms with Crippen LogP contribution >= 0.6 is 0 Å². The van der Waals surface area contributed by atoms with E-state index in [9.17, 15) is 0 Å². The van der Waals surface area contributed by atoms with Crippen LogP contribution in [0, 0.1) is 0 Å². The zero-order valence-electron chi connectivity index (χ0n) is 10.0. The highest BCUT2D eigenvalue weighted by molar-refractivity contribution is 5.46. The van der Waals surface area contributed by atoms with Gasteiger partial charge < -0.3 is 10.6 Å². The molecule has 0 spiro atoms.